The summed E-state index contributed by atoms with van der Waals surface area (Å²) in [6, 6.07) is 6.54. The van der Waals surface area contributed by atoms with E-state index in [1.807, 2.05) is 6.20 Å². The molecule has 4 heteroatoms. The Balaban J connectivity index is 2.12. The molecule has 0 spiro atoms. The van der Waals surface area contributed by atoms with Crippen LogP contribution in [0.4, 0.5) is 0 Å². The van der Waals surface area contributed by atoms with Crippen molar-refractivity contribution in [1.82, 2.24) is 9.55 Å². The Bertz CT molecular complexity index is 507. The molecule has 2 heterocycles. The highest BCUT2D eigenvalue weighted by molar-refractivity contribution is 9.10. The maximum Gasteiger partial charge on any atom is 0.0488 e. The summed E-state index contributed by atoms with van der Waals surface area (Å²) in [5, 5.41) is 0. The van der Waals surface area contributed by atoms with Gasteiger partial charge in [-0.2, -0.15) is 0 Å². The van der Waals surface area contributed by atoms with E-state index in [1.165, 1.54) is 11.3 Å². The number of aromatic nitrogens is 2. The molecule has 0 saturated heterocycles. The van der Waals surface area contributed by atoms with E-state index < -0.39 is 0 Å². The van der Waals surface area contributed by atoms with Gasteiger partial charge >= 0.3 is 0 Å². The van der Waals surface area contributed by atoms with E-state index in [0.717, 1.165) is 23.9 Å². The molecule has 0 bridgehead atoms. The summed E-state index contributed by atoms with van der Waals surface area (Å²) in [6.45, 7) is 2.96. The highest BCUT2D eigenvalue weighted by atomic mass is 79.9. The van der Waals surface area contributed by atoms with Crippen LogP contribution in [0.25, 0.3) is 0 Å². The lowest BCUT2D eigenvalue weighted by Gasteiger charge is -2.13. The molecule has 2 aromatic rings. The predicted molar refractivity (Wildman–Crippen MR) is 77.4 cm³/mol. The predicted octanol–water partition coefficient (Wildman–Crippen LogP) is 2.97. The summed E-state index contributed by atoms with van der Waals surface area (Å²) >= 11 is 3.44. The fraction of sp³-hybridized carbons (Fsp3) is 0.357. The first-order chi connectivity index (χ1) is 8.69. The number of pyridine rings is 1. The summed E-state index contributed by atoms with van der Waals surface area (Å²) in [4.78, 5) is 4.19. The van der Waals surface area contributed by atoms with Gasteiger partial charge in [-0.25, -0.2) is 0 Å². The molecule has 2 N–H and O–H groups in total. The highest BCUT2D eigenvalue weighted by Gasteiger charge is 2.06. The van der Waals surface area contributed by atoms with Crippen molar-refractivity contribution in [2.75, 3.05) is 0 Å². The van der Waals surface area contributed by atoms with E-state index >= 15 is 0 Å². The van der Waals surface area contributed by atoms with Crippen LogP contribution in [0, 0.1) is 0 Å². The van der Waals surface area contributed by atoms with Crippen LogP contribution in [-0.2, 0) is 13.0 Å². The minimum absolute atomic E-state index is 0.235. The van der Waals surface area contributed by atoms with E-state index in [9.17, 15) is 0 Å². The van der Waals surface area contributed by atoms with Crippen LogP contribution in [0.15, 0.2) is 41.3 Å². The highest BCUT2D eigenvalue weighted by Crippen LogP contribution is 2.13. The molecule has 96 valence electrons. The average molecular weight is 308 g/mol. The maximum absolute atomic E-state index is 6.02. The number of nitrogens with two attached hydrogens (primary N) is 1. The topological polar surface area (TPSA) is 43.8 Å². The van der Waals surface area contributed by atoms with Crippen LogP contribution in [-0.4, -0.2) is 15.6 Å². The fourth-order valence-corrected chi connectivity index (χ4v) is 2.35. The molecule has 2 aromatic heterocycles. The van der Waals surface area contributed by atoms with Crippen LogP contribution in [0.3, 0.4) is 0 Å². The Labute approximate surface area is 116 Å². The molecule has 0 saturated carbocycles. The van der Waals surface area contributed by atoms with Crippen molar-refractivity contribution < 1.29 is 0 Å². The molecule has 3 nitrogen and oxygen atoms in total. The van der Waals surface area contributed by atoms with E-state index in [1.54, 1.807) is 6.20 Å². The van der Waals surface area contributed by atoms with Gasteiger partial charge in [-0.1, -0.05) is 6.92 Å². The van der Waals surface area contributed by atoms with Gasteiger partial charge in [0.2, 0.25) is 0 Å². The number of rotatable bonds is 5. The van der Waals surface area contributed by atoms with Crippen molar-refractivity contribution in [1.29, 1.82) is 0 Å². The molecular formula is C14H18BrN3. The normalized spacial score (nSPS) is 12.6. The average Bonchev–Trinajstić information content (AvgIpc) is 2.76. The first-order valence-corrected chi connectivity index (χ1v) is 6.97. The van der Waals surface area contributed by atoms with Gasteiger partial charge in [0.1, 0.15) is 0 Å². The second-order valence-electron chi connectivity index (χ2n) is 4.51. The number of halogens is 1. The van der Waals surface area contributed by atoms with E-state index in [-0.39, 0.29) is 6.04 Å². The summed E-state index contributed by atoms with van der Waals surface area (Å²) in [6.07, 6.45) is 7.72. The maximum atomic E-state index is 6.02. The zero-order valence-electron chi connectivity index (χ0n) is 10.5. The van der Waals surface area contributed by atoms with Crippen molar-refractivity contribution in [2.24, 2.45) is 5.73 Å². The Morgan fingerprint density at radius 1 is 1.44 bits per heavy atom. The van der Waals surface area contributed by atoms with Crippen molar-refractivity contribution in [3.63, 3.8) is 0 Å². The van der Waals surface area contributed by atoms with Gasteiger partial charge in [0.25, 0.3) is 0 Å². The largest absolute Gasteiger partial charge is 0.347 e. The molecule has 0 aliphatic carbocycles. The number of nitrogens with zero attached hydrogens (tertiary/aromatic N) is 2. The summed E-state index contributed by atoms with van der Waals surface area (Å²) in [5.41, 5.74) is 8.49. The molecule has 0 radical (unpaired) electrons. The Hall–Kier alpha value is -1.13. The lowest BCUT2D eigenvalue weighted by molar-refractivity contribution is 0.609. The van der Waals surface area contributed by atoms with E-state index in [4.69, 9.17) is 5.73 Å². The van der Waals surface area contributed by atoms with Crippen molar-refractivity contribution >= 4 is 15.9 Å². The third kappa shape index (κ3) is 3.43. The Kier molecular flexibility index (Phi) is 4.55. The van der Waals surface area contributed by atoms with Gasteiger partial charge in [0.15, 0.2) is 0 Å². The van der Waals surface area contributed by atoms with Gasteiger partial charge in [-0.3, -0.25) is 4.98 Å². The molecule has 0 aliphatic heterocycles. The quantitative estimate of drug-likeness (QED) is 0.923. The van der Waals surface area contributed by atoms with Crippen LogP contribution < -0.4 is 5.73 Å². The van der Waals surface area contributed by atoms with Gasteiger partial charge in [0.05, 0.1) is 0 Å². The zero-order chi connectivity index (χ0) is 13.0. The molecule has 1 atom stereocenters. The third-order valence-corrected chi connectivity index (χ3v) is 3.47. The second-order valence-corrected chi connectivity index (χ2v) is 5.43. The lowest BCUT2D eigenvalue weighted by Crippen LogP contribution is -2.23. The van der Waals surface area contributed by atoms with Crippen LogP contribution in [0.2, 0.25) is 0 Å². The van der Waals surface area contributed by atoms with Crippen molar-refractivity contribution in [3.05, 3.63) is 52.5 Å². The molecule has 0 aliphatic rings. The van der Waals surface area contributed by atoms with E-state index in [2.05, 4.69) is 56.8 Å². The Morgan fingerprint density at radius 3 is 3.00 bits per heavy atom. The monoisotopic (exact) mass is 307 g/mol. The van der Waals surface area contributed by atoms with Crippen molar-refractivity contribution in [3.8, 4) is 0 Å². The molecule has 0 aromatic carbocycles. The molecular weight excluding hydrogens is 290 g/mol. The number of hydrogen-bond donors (Lipinski definition) is 1. The lowest BCUT2D eigenvalue weighted by atomic mass is 10.1. The van der Waals surface area contributed by atoms with Gasteiger partial charge in [0, 0.05) is 47.8 Å². The first kappa shape index (κ1) is 13.3. The second kappa shape index (κ2) is 6.16. The zero-order valence-corrected chi connectivity index (χ0v) is 12.1. The van der Waals surface area contributed by atoms with Gasteiger partial charge < -0.3 is 10.3 Å². The number of hydrogen-bond acceptors (Lipinski definition) is 2. The van der Waals surface area contributed by atoms with Crippen molar-refractivity contribution in [2.45, 2.75) is 32.4 Å². The van der Waals surface area contributed by atoms with Crippen LogP contribution >= 0.6 is 15.9 Å². The van der Waals surface area contributed by atoms with Gasteiger partial charge in [-0.05, 0) is 46.1 Å². The fourth-order valence-electron chi connectivity index (χ4n) is 1.94. The first-order valence-electron chi connectivity index (χ1n) is 6.18. The molecule has 0 amide bonds. The van der Waals surface area contributed by atoms with Crippen LogP contribution in [0.5, 0.6) is 0 Å². The minimum atomic E-state index is 0.235. The molecule has 18 heavy (non-hydrogen) atoms. The third-order valence-electron chi connectivity index (χ3n) is 3.03. The molecule has 1 unspecified atom stereocenters. The standard InChI is InChI=1S/C14H18BrN3/c1-2-13(16)7-14-4-3-5-18(14)10-11-6-12(15)9-17-8-11/h3-6,8-9,13H,2,7,10,16H2,1H3. The summed E-state index contributed by atoms with van der Waals surface area (Å²) in [5.74, 6) is 0. The molecule has 0 fully saturated rings. The molecule has 2 rings (SSSR count). The van der Waals surface area contributed by atoms with Crippen LogP contribution in [0.1, 0.15) is 24.6 Å². The van der Waals surface area contributed by atoms with E-state index in [0.29, 0.717) is 0 Å². The van der Waals surface area contributed by atoms with Gasteiger partial charge in [-0.15, -0.1) is 0 Å². The Morgan fingerprint density at radius 2 is 2.28 bits per heavy atom. The summed E-state index contributed by atoms with van der Waals surface area (Å²) in [7, 11) is 0. The summed E-state index contributed by atoms with van der Waals surface area (Å²) < 4.78 is 3.25. The smallest absolute Gasteiger partial charge is 0.0488 e. The minimum Gasteiger partial charge on any atom is -0.347 e. The SMILES string of the molecule is CCC(N)Cc1cccn1Cc1cncc(Br)c1.